The van der Waals surface area contributed by atoms with Gasteiger partial charge in [0.15, 0.2) is 0 Å². The maximum absolute atomic E-state index is 11.9. The minimum atomic E-state index is -3.21. The van der Waals surface area contributed by atoms with Crippen molar-refractivity contribution in [2.75, 3.05) is 18.8 Å². The predicted molar refractivity (Wildman–Crippen MR) is 77.4 cm³/mol. The van der Waals surface area contributed by atoms with Crippen LogP contribution in [0, 0.1) is 0 Å². The van der Waals surface area contributed by atoms with Gasteiger partial charge in [-0.25, -0.2) is 13.1 Å². The van der Waals surface area contributed by atoms with Crippen LogP contribution in [-0.4, -0.2) is 27.3 Å². The summed E-state index contributed by atoms with van der Waals surface area (Å²) in [5.74, 6) is 0.131. The van der Waals surface area contributed by atoms with E-state index in [0.29, 0.717) is 6.54 Å². The fraction of sp³-hybridized carbons (Fsp3) is 0.667. The highest BCUT2D eigenvalue weighted by molar-refractivity contribution is 7.89. The molecule has 0 aliphatic heterocycles. The van der Waals surface area contributed by atoms with Crippen molar-refractivity contribution in [3.05, 3.63) is 22.4 Å². The van der Waals surface area contributed by atoms with E-state index >= 15 is 0 Å². The lowest BCUT2D eigenvalue weighted by atomic mass is 10.1. The minimum Gasteiger partial charge on any atom is -0.316 e. The summed E-state index contributed by atoms with van der Waals surface area (Å²) in [5, 5.41) is 5.00. The number of hydrogen-bond acceptors (Lipinski definition) is 4. The summed E-state index contributed by atoms with van der Waals surface area (Å²) < 4.78 is 26.7. The fourth-order valence-corrected chi connectivity index (χ4v) is 3.79. The van der Waals surface area contributed by atoms with Gasteiger partial charge in [0.2, 0.25) is 10.0 Å². The predicted octanol–water partition coefficient (Wildman–Crippen LogP) is 2.12. The van der Waals surface area contributed by atoms with Crippen LogP contribution < -0.4 is 10.0 Å². The molecular weight excluding hydrogens is 268 g/mol. The Hall–Kier alpha value is -0.430. The van der Waals surface area contributed by atoms with Crippen LogP contribution in [0.3, 0.4) is 0 Å². The van der Waals surface area contributed by atoms with Crippen LogP contribution in [0.2, 0.25) is 0 Å². The first-order valence-electron chi connectivity index (χ1n) is 6.33. The van der Waals surface area contributed by atoms with Crippen molar-refractivity contribution in [1.29, 1.82) is 0 Å². The number of thiophene rings is 1. The molecule has 0 radical (unpaired) electrons. The molecule has 1 unspecified atom stereocenters. The minimum absolute atomic E-state index is 0.0818. The Morgan fingerprint density at radius 1 is 1.39 bits per heavy atom. The van der Waals surface area contributed by atoms with E-state index in [9.17, 15) is 8.42 Å². The van der Waals surface area contributed by atoms with Gasteiger partial charge in [0.25, 0.3) is 0 Å². The van der Waals surface area contributed by atoms with Gasteiger partial charge in [0.1, 0.15) is 0 Å². The van der Waals surface area contributed by atoms with Crippen LogP contribution in [0.4, 0.5) is 0 Å². The third-order valence-corrected chi connectivity index (χ3v) is 4.95. The van der Waals surface area contributed by atoms with Crippen molar-refractivity contribution < 1.29 is 8.42 Å². The molecule has 0 saturated heterocycles. The summed E-state index contributed by atoms with van der Waals surface area (Å²) in [6.45, 7) is 5.31. The molecule has 1 aromatic rings. The van der Waals surface area contributed by atoms with E-state index < -0.39 is 10.0 Å². The summed E-state index contributed by atoms with van der Waals surface area (Å²) in [6.07, 6.45) is 1.79. The molecule has 2 N–H and O–H groups in total. The van der Waals surface area contributed by atoms with Gasteiger partial charge in [-0.3, -0.25) is 0 Å². The first kappa shape index (κ1) is 15.6. The molecule has 1 atom stereocenters. The van der Waals surface area contributed by atoms with E-state index in [-0.39, 0.29) is 11.8 Å². The summed E-state index contributed by atoms with van der Waals surface area (Å²) >= 11 is 1.60. The van der Waals surface area contributed by atoms with Crippen molar-refractivity contribution in [3.8, 4) is 0 Å². The second-order valence-electron chi connectivity index (χ2n) is 4.15. The lowest BCUT2D eigenvalue weighted by Crippen LogP contribution is -2.34. The molecule has 6 heteroatoms. The molecule has 0 aromatic carbocycles. The monoisotopic (exact) mass is 290 g/mol. The van der Waals surface area contributed by atoms with Crippen molar-refractivity contribution in [2.24, 2.45) is 0 Å². The number of sulfonamides is 1. The van der Waals surface area contributed by atoms with E-state index in [1.54, 1.807) is 11.3 Å². The largest absolute Gasteiger partial charge is 0.316 e. The summed E-state index contributed by atoms with van der Waals surface area (Å²) in [6, 6.07) is 3.86. The molecule has 104 valence electrons. The Morgan fingerprint density at radius 2 is 2.17 bits per heavy atom. The van der Waals surface area contributed by atoms with Crippen LogP contribution in [-0.2, 0) is 10.0 Å². The molecular formula is C12H22N2O2S2. The van der Waals surface area contributed by atoms with Gasteiger partial charge in [0, 0.05) is 11.4 Å². The number of nitrogens with one attached hydrogen (secondary N) is 2. The molecule has 0 aliphatic rings. The molecule has 18 heavy (non-hydrogen) atoms. The molecule has 0 bridgehead atoms. The first-order chi connectivity index (χ1) is 8.59. The Morgan fingerprint density at radius 3 is 2.72 bits per heavy atom. The van der Waals surface area contributed by atoms with Gasteiger partial charge in [-0.2, -0.15) is 0 Å². The van der Waals surface area contributed by atoms with Crippen molar-refractivity contribution in [3.63, 3.8) is 0 Å². The molecule has 1 heterocycles. The Bertz CT molecular complexity index is 415. The van der Waals surface area contributed by atoms with E-state index in [0.717, 1.165) is 24.3 Å². The zero-order chi connectivity index (χ0) is 13.4. The van der Waals surface area contributed by atoms with Crippen LogP contribution in [0.1, 0.15) is 37.6 Å². The third-order valence-electron chi connectivity index (χ3n) is 2.58. The highest BCUT2D eigenvalue weighted by Gasteiger charge is 2.19. The SMILES string of the molecule is CCCC(NS(=O)(=O)CCNCC)c1cccs1. The van der Waals surface area contributed by atoms with Crippen LogP contribution in [0.5, 0.6) is 0 Å². The third kappa shape index (κ3) is 5.48. The number of hydrogen-bond donors (Lipinski definition) is 2. The molecule has 0 amide bonds. The second kappa shape index (κ2) is 7.89. The van der Waals surface area contributed by atoms with Crippen LogP contribution in [0.15, 0.2) is 17.5 Å². The molecule has 0 fully saturated rings. The summed E-state index contributed by atoms with van der Waals surface area (Å²) in [4.78, 5) is 1.09. The van der Waals surface area contributed by atoms with E-state index in [1.165, 1.54) is 0 Å². The fourth-order valence-electron chi connectivity index (χ4n) is 1.70. The highest BCUT2D eigenvalue weighted by atomic mass is 32.2. The Labute approximate surface area is 114 Å². The lowest BCUT2D eigenvalue weighted by molar-refractivity contribution is 0.538. The van der Waals surface area contributed by atoms with Crippen LogP contribution in [0.25, 0.3) is 0 Å². The van der Waals surface area contributed by atoms with Crippen molar-refractivity contribution in [2.45, 2.75) is 32.7 Å². The molecule has 4 nitrogen and oxygen atoms in total. The van der Waals surface area contributed by atoms with E-state index in [2.05, 4.69) is 17.0 Å². The van der Waals surface area contributed by atoms with E-state index in [1.807, 2.05) is 24.4 Å². The van der Waals surface area contributed by atoms with Gasteiger partial charge in [0.05, 0.1) is 11.8 Å². The van der Waals surface area contributed by atoms with Crippen molar-refractivity contribution in [1.82, 2.24) is 10.0 Å². The first-order valence-corrected chi connectivity index (χ1v) is 8.86. The van der Waals surface area contributed by atoms with Crippen LogP contribution >= 0.6 is 11.3 Å². The topological polar surface area (TPSA) is 58.2 Å². The normalized spacial score (nSPS) is 13.7. The quantitative estimate of drug-likeness (QED) is 0.685. The molecule has 0 aliphatic carbocycles. The second-order valence-corrected chi connectivity index (χ2v) is 7.00. The standard InChI is InChI=1S/C12H22N2O2S2/c1-3-6-11(12-7-5-9-17-12)14-18(15,16)10-8-13-4-2/h5,7,9,11,13-14H,3-4,6,8,10H2,1-2H3. The maximum atomic E-state index is 11.9. The zero-order valence-corrected chi connectivity index (χ0v) is 12.6. The Kier molecular flexibility index (Phi) is 6.85. The molecule has 1 rings (SSSR count). The maximum Gasteiger partial charge on any atom is 0.213 e. The summed E-state index contributed by atoms with van der Waals surface area (Å²) in [7, 11) is -3.21. The van der Waals surface area contributed by atoms with Gasteiger partial charge in [-0.1, -0.05) is 26.3 Å². The highest BCUT2D eigenvalue weighted by Crippen LogP contribution is 2.23. The van der Waals surface area contributed by atoms with Crippen molar-refractivity contribution >= 4 is 21.4 Å². The van der Waals surface area contributed by atoms with Gasteiger partial charge in [-0.05, 0) is 24.4 Å². The smallest absolute Gasteiger partial charge is 0.213 e. The van der Waals surface area contributed by atoms with Gasteiger partial charge >= 0.3 is 0 Å². The zero-order valence-electron chi connectivity index (χ0n) is 11.0. The summed E-state index contributed by atoms with van der Waals surface area (Å²) in [5.41, 5.74) is 0. The van der Waals surface area contributed by atoms with Gasteiger partial charge in [-0.15, -0.1) is 11.3 Å². The lowest BCUT2D eigenvalue weighted by Gasteiger charge is -2.16. The Balaban J connectivity index is 2.60. The number of rotatable bonds is 9. The molecule has 1 aromatic heterocycles. The average molecular weight is 290 g/mol. The molecule has 0 spiro atoms. The molecule has 0 saturated carbocycles. The van der Waals surface area contributed by atoms with E-state index in [4.69, 9.17) is 0 Å². The average Bonchev–Trinajstić information content (AvgIpc) is 2.81. The van der Waals surface area contributed by atoms with Gasteiger partial charge < -0.3 is 5.32 Å².